The van der Waals surface area contributed by atoms with Crippen LogP contribution < -0.4 is 5.32 Å². The molecule has 0 aliphatic carbocycles. The van der Waals surface area contributed by atoms with Gasteiger partial charge in [0.15, 0.2) is 5.76 Å². The van der Waals surface area contributed by atoms with Gasteiger partial charge in [0, 0.05) is 0 Å². The number of carboxylic acid groups (broad SMARTS) is 1. The first-order valence-electron chi connectivity index (χ1n) is 4.54. The van der Waals surface area contributed by atoms with E-state index in [9.17, 15) is 4.79 Å². The monoisotopic (exact) mass is 223 g/mol. The van der Waals surface area contributed by atoms with Gasteiger partial charge in [-0.05, 0) is 12.1 Å². The molecule has 2 N–H and O–H groups in total. The van der Waals surface area contributed by atoms with E-state index in [4.69, 9.17) is 13.9 Å². The summed E-state index contributed by atoms with van der Waals surface area (Å²) in [7, 11) is 0. The second kappa shape index (κ2) is 4.58. The van der Waals surface area contributed by atoms with Crippen LogP contribution in [0.1, 0.15) is 5.89 Å². The molecule has 0 saturated carbocycles. The number of aromatic nitrogens is 2. The third kappa shape index (κ3) is 2.45. The summed E-state index contributed by atoms with van der Waals surface area (Å²) in [5.74, 6) is 0.132. The molecule has 0 fully saturated rings. The highest BCUT2D eigenvalue weighted by molar-refractivity contribution is 5.68. The Morgan fingerprint density at radius 2 is 2.38 bits per heavy atom. The van der Waals surface area contributed by atoms with Gasteiger partial charge in [0.25, 0.3) is 5.89 Å². The lowest BCUT2D eigenvalue weighted by atomic mass is 10.4. The first-order valence-corrected chi connectivity index (χ1v) is 4.54. The van der Waals surface area contributed by atoms with Gasteiger partial charge in [0.1, 0.15) is 0 Å². The van der Waals surface area contributed by atoms with Crippen molar-refractivity contribution in [2.24, 2.45) is 0 Å². The summed E-state index contributed by atoms with van der Waals surface area (Å²) >= 11 is 0. The van der Waals surface area contributed by atoms with Crippen molar-refractivity contribution >= 4 is 5.97 Å². The second-order valence-electron chi connectivity index (χ2n) is 2.98. The summed E-state index contributed by atoms with van der Waals surface area (Å²) in [6, 6.07) is 3.41. The topological polar surface area (TPSA) is 101 Å². The van der Waals surface area contributed by atoms with Gasteiger partial charge in [0.2, 0.25) is 5.89 Å². The van der Waals surface area contributed by atoms with E-state index in [1.54, 1.807) is 12.1 Å². The van der Waals surface area contributed by atoms with Gasteiger partial charge in [-0.3, -0.25) is 10.1 Å². The molecule has 0 radical (unpaired) electrons. The molecule has 2 aromatic rings. The molecule has 0 aromatic carbocycles. The van der Waals surface area contributed by atoms with Gasteiger partial charge in [0.05, 0.1) is 19.4 Å². The second-order valence-corrected chi connectivity index (χ2v) is 2.98. The molecule has 2 rings (SSSR count). The van der Waals surface area contributed by atoms with E-state index in [0.29, 0.717) is 11.7 Å². The average Bonchev–Trinajstić information content (AvgIpc) is 2.85. The van der Waals surface area contributed by atoms with Crippen LogP contribution in [0.15, 0.2) is 27.2 Å². The third-order valence-corrected chi connectivity index (χ3v) is 1.75. The standard InChI is InChI=1S/C9H9N3O4/c13-8(14)5-10-4-7-11-12-9(16-7)6-2-1-3-15-6/h1-3,10H,4-5H2,(H,13,14). The molecule has 7 nitrogen and oxygen atoms in total. The van der Waals surface area contributed by atoms with Gasteiger partial charge in [-0.15, -0.1) is 10.2 Å². The first kappa shape index (κ1) is 10.4. The zero-order valence-electron chi connectivity index (χ0n) is 8.21. The molecule has 0 amide bonds. The minimum Gasteiger partial charge on any atom is -0.480 e. The van der Waals surface area contributed by atoms with Crippen molar-refractivity contribution in [2.45, 2.75) is 6.54 Å². The van der Waals surface area contributed by atoms with Crippen LogP contribution in [0, 0.1) is 0 Å². The Hall–Kier alpha value is -2.15. The molecule has 0 unspecified atom stereocenters. The molecular formula is C9H9N3O4. The summed E-state index contributed by atoms with van der Waals surface area (Å²) in [6.07, 6.45) is 1.50. The minimum atomic E-state index is -0.939. The quantitative estimate of drug-likeness (QED) is 0.761. The summed E-state index contributed by atoms with van der Waals surface area (Å²) in [5, 5.41) is 18.5. The van der Waals surface area contributed by atoms with Gasteiger partial charge in [-0.25, -0.2) is 0 Å². The maximum Gasteiger partial charge on any atom is 0.317 e. The molecule has 0 spiro atoms. The zero-order valence-corrected chi connectivity index (χ0v) is 8.21. The fraction of sp³-hybridized carbons (Fsp3) is 0.222. The Balaban J connectivity index is 1.95. The molecule has 0 aliphatic heterocycles. The van der Waals surface area contributed by atoms with Crippen molar-refractivity contribution in [1.82, 2.24) is 15.5 Å². The summed E-state index contributed by atoms with van der Waals surface area (Å²) in [5.41, 5.74) is 0. The average molecular weight is 223 g/mol. The molecule has 0 atom stereocenters. The molecule has 2 aromatic heterocycles. The summed E-state index contributed by atoms with van der Waals surface area (Å²) in [4.78, 5) is 10.2. The van der Waals surface area contributed by atoms with Gasteiger partial charge < -0.3 is 13.9 Å². The van der Waals surface area contributed by atoms with Gasteiger partial charge in [-0.2, -0.15) is 0 Å². The Kier molecular flexibility index (Phi) is 2.97. The van der Waals surface area contributed by atoms with E-state index < -0.39 is 5.97 Å². The number of furan rings is 1. The highest BCUT2D eigenvalue weighted by atomic mass is 16.4. The van der Waals surface area contributed by atoms with E-state index in [-0.39, 0.29) is 19.0 Å². The number of aliphatic carboxylic acids is 1. The van der Waals surface area contributed by atoms with Crippen LogP contribution in [0.2, 0.25) is 0 Å². The maximum atomic E-state index is 10.2. The fourth-order valence-electron chi connectivity index (χ4n) is 1.10. The number of hydrogen-bond donors (Lipinski definition) is 2. The Morgan fingerprint density at radius 1 is 1.50 bits per heavy atom. The lowest BCUT2D eigenvalue weighted by Gasteiger charge is -1.94. The maximum absolute atomic E-state index is 10.2. The van der Waals surface area contributed by atoms with Crippen molar-refractivity contribution in [1.29, 1.82) is 0 Å². The van der Waals surface area contributed by atoms with Gasteiger partial charge in [-0.1, -0.05) is 0 Å². The van der Waals surface area contributed by atoms with Crippen LogP contribution in [0.5, 0.6) is 0 Å². The van der Waals surface area contributed by atoms with Crippen molar-refractivity contribution in [3.8, 4) is 11.7 Å². The van der Waals surface area contributed by atoms with Crippen LogP contribution in [0.3, 0.4) is 0 Å². The Bertz CT molecular complexity index is 463. The summed E-state index contributed by atoms with van der Waals surface area (Å²) in [6.45, 7) is 0.0540. The van der Waals surface area contributed by atoms with E-state index in [2.05, 4.69) is 15.5 Å². The van der Waals surface area contributed by atoms with E-state index >= 15 is 0 Å². The predicted octanol–water partition coefficient (Wildman–Crippen LogP) is 0.504. The van der Waals surface area contributed by atoms with Crippen LogP contribution in [-0.2, 0) is 11.3 Å². The fourth-order valence-corrected chi connectivity index (χ4v) is 1.10. The molecule has 16 heavy (non-hydrogen) atoms. The van der Waals surface area contributed by atoms with E-state index in [1.807, 2.05) is 0 Å². The number of nitrogens with zero attached hydrogens (tertiary/aromatic N) is 2. The van der Waals surface area contributed by atoms with Crippen molar-refractivity contribution < 1.29 is 18.7 Å². The minimum absolute atomic E-state index is 0.154. The molecule has 7 heteroatoms. The lowest BCUT2D eigenvalue weighted by molar-refractivity contribution is -0.136. The Labute approximate surface area is 90.1 Å². The molecule has 2 heterocycles. The smallest absolute Gasteiger partial charge is 0.317 e. The number of carboxylic acids is 1. The van der Waals surface area contributed by atoms with Gasteiger partial charge >= 0.3 is 5.97 Å². The van der Waals surface area contributed by atoms with E-state index in [1.165, 1.54) is 6.26 Å². The first-order chi connectivity index (χ1) is 7.75. The van der Waals surface area contributed by atoms with Crippen molar-refractivity contribution in [3.63, 3.8) is 0 Å². The highest BCUT2D eigenvalue weighted by Gasteiger charge is 2.10. The van der Waals surface area contributed by atoms with Crippen LogP contribution in [0.25, 0.3) is 11.7 Å². The normalized spacial score (nSPS) is 10.5. The van der Waals surface area contributed by atoms with Crippen LogP contribution >= 0.6 is 0 Å². The SMILES string of the molecule is O=C(O)CNCc1nnc(-c2ccco2)o1. The summed E-state index contributed by atoms with van der Waals surface area (Å²) < 4.78 is 10.3. The molecular weight excluding hydrogens is 214 g/mol. The highest BCUT2D eigenvalue weighted by Crippen LogP contribution is 2.17. The van der Waals surface area contributed by atoms with Crippen molar-refractivity contribution in [3.05, 3.63) is 24.3 Å². The molecule has 84 valence electrons. The zero-order chi connectivity index (χ0) is 11.4. The number of carbonyl (C=O) groups is 1. The van der Waals surface area contributed by atoms with Crippen LogP contribution in [-0.4, -0.2) is 27.8 Å². The predicted molar refractivity (Wildman–Crippen MR) is 51.3 cm³/mol. The van der Waals surface area contributed by atoms with Crippen LogP contribution in [0.4, 0.5) is 0 Å². The lowest BCUT2D eigenvalue weighted by Crippen LogP contribution is -2.21. The van der Waals surface area contributed by atoms with Crippen molar-refractivity contribution in [2.75, 3.05) is 6.54 Å². The third-order valence-electron chi connectivity index (χ3n) is 1.75. The number of hydrogen-bond acceptors (Lipinski definition) is 6. The number of rotatable bonds is 5. The molecule has 0 aliphatic rings. The largest absolute Gasteiger partial charge is 0.480 e. The molecule has 0 saturated heterocycles. The number of nitrogens with one attached hydrogen (secondary N) is 1. The molecule has 0 bridgehead atoms. The Morgan fingerprint density at radius 3 is 3.06 bits per heavy atom. The van der Waals surface area contributed by atoms with E-state index in [0.717, 1.165) is 0 Å².